The number of hydrogen-bond donors (Lipinski definition) is 1. The Hall–Kier alpha value is -3.90. The second-order valence-electron chi connectivity index (χ2n) is 8.25. The smallest absolute Gasteiger partial charge is 0.335 e. The Labute approximate surface area is 198 Å². The highest BCUT2D eigenvalue weighted by Gasteiger charge is 2.15. The first kappa shape index (κ1) is 21.9. The predicted molar refractivity (Wildman–Crippen MR) is 137 cm³/mol. The molecule has 5 aromatic rings. The van der Waals surface area contributed by atoms with Crippen molar-refractivity contribution in [3.8, 4) is 28.4 Å². The van der Waals surface area contributed by atoms with Gasteiger partial charge in [0.15, 0.2) is 11.5 Å². The molecule has 2 heterocycles. The van der Waals surface area contributed by atoms with Crippen molar-refractivity contribution >= 4 is 40.7 Å². The molecule has 0 radical (unpaired) electrons. The van der Waals surface area contributed by atoms with E-state index in [1.54, 1.807) is 33.5 Å². The van der Waals surface area contributed by atoms with Crippen LogP contribution in [0.25, 0.3) is 37.7 Å². The summed E-state index contributed by atoms with van der Waals surface area (Å²) in [6.45, 7) is 2.20. The van der Waals surface area contributed by atoms with Crippen molar-refractivity contribution in [2.45, 2.75) is 6.92 Å². The minimum atomic E-state index is -1.09. The monoisotopic (exact) mass is 468 g/mol. The third-order valence-electron chi connectivity index (χ3n) is 6.49. The molecular formula is C28H24O5Si. The van der Waals surface area contributed by atoms with Crippen LogP contribution in [0.4, 0.5) is 0 Å². The number of methoxy groups -OCH3 is 3. The van der Waals surface area contributed by atoms with Gasteiger partial charge in [0.05, 0.1) is 35.1 Å². The summed E-state index contributed by atoms with van der Waals surface area (Å²) >= 11 is 0. The molecule has 0 bridgehead atoms. The fourth-order valence-corrected chi connectivity index (χ4v) is 7.19. The van der Waals surface area contributed by atoms with Crippen LogP contribution in [-0.2, 0) is 0 Å². The number of carbonyl (C=O) groups is 1. The van der Waals surface area contributed by atoms with Crippen molar-refractivity contribution in [3.05, 3.63) is 77.1 Å². The lowest BCUT2D eigenvalue weighted by Gasteiger charge is -2.16. The van der Waals surface area contributed by atoms with Crippen LogP contribution in [-0.4, -0.2) is 40.6 Å². The largest absolute Gasteiger partial charge is 0.496 e. The molecule has 0 atom stereocenters. The van der Waals surface area contributed by atoms with Crippen LogP contribution in [0, 0.1) is 6.92 Å². The zero-order valence-electron chi connectivity index (χ0n) is 19.4. The first-order valence-electron chi connectivity index (χ1n) is 10.9. The molecule has 2 aromatic heterocycles. The maximum Gasteiger partial charge on any atom is 0.335 e. The zero-order chi connectivity index (χ0) is 24.0. The van der Waals surface area contributed by atoms with E-state index in [1.165, 1.54) is 20.9 Å². The molecule has 0 saturated heterocycles. The molecule has 6 heteroatoms. The molecule has 0 amide bonds. The van der Waals surface area contributed by atoms with Gasteiger partial charge in [-0.25, -0.2) is 4.79 Å². The highest BCUT2D eigenvalue weighted by Crippen LogP contribution is 2.38. The van der Waals surface area contributed by atoms with Crippen molar-refractivity contribution in [2.75, 3.05) is 21.3 Å². The predicted octanol–water partition coefficient (Wildman–Crippen LogP) is 6.17. The molecule has 0 aliphatic rings. The van der Waals surface area contributed by atoms with E-state index in [0.717, 1.165) is 33.4 Å². The van der Waals surface area contributed by atoms with Crippen LogP contribution in [0.15, 0.2) is 66.3 Å². The SMILES string of the molecule is COc1cc2cc3c4cc(-c5ccc(C(=O)O)cc5)c(OC)cc4cc[si]3c(C)c2cc1OC. The van der Waals surface area contributed by atoms with Crippen molar-refractivity contribution in [1.29, 1.82) is 0 Å². The van der Waals surface area contributed by atoms with Crippen LogP contribution < -0.4 is 14.2 Å². The number of aromatic carboxylic acids is 1. The Kier molecular flexibility index (Phi) is 5.46. The molecule has 0 spiro atoms. The number of carboxylic acids is 1. The van der Waals surface area contributed by atoms with Crippen molar-refractivity contribution in [1.82, 2.24) is 0 Å². The molecule has 0 saturated carbocycles. The van der Waals surface area contributed by atoms with E-state index >= 15 is 0 Å². The van der Waals surface area contributed by atoms with Gasteiger partial charge in [0.25, 0.3) is 0 Å². The third-order valence-corrected chi connectivity index (χ3v) is 9.06. The van der Waals surface area contributed by atoms with Gasteiger partial charge >= 0.3 is 5.97 Å². The standard InChI is InChI=1S/C28H24O5Si/c1-16-21-15-26(33-4)25(32-3)12-20(21)13-27-23-14-22(17-5-7-18(8-6-17)28(29)30)24(31-2)11-19(23)9-10-34(16)27/h5-15H,1-4H3,(H,29,30). The molecule has 0 fully saturated rings. The summed E-state index contributed by atoms with van der Waals surface area (Å²) < 4.78 is 16.8. The molecule has 34 heavy (non-hydrogen) atoms. The Balaban J connectivity index is 1.81. The summed E-state index contributed by atoms with van der Waals surface area (Å²) in [6, 6.07) is 19.7. The van der Waals surface area contributed by atoms with Gasteiger partial charge < -0.3 is 19.3 Å². The van der Waals surface area contributed by atoms with Crippen LogP contribution >= 0.6 is 0 Å². The number of rotatable bonds is 5. The van der Waals surface area contributed by atoms with E-state index in [2.05, 4.69) is 42.9 Å². The van der Waals surface area contributed by atoms with E-state index in [9.17, 15) is 9.90 Å². The molecule has 1 N–H and O–H groups in total. The molecule has 0 aliphatic heterocycles. The normalized spacial score (nSPS) is 11.2. The second kappa shape index (κ2) is 8.46. The first-order valence-corrected chi connectivity index (χ1v) is 12.5. The van der Waals surface area contributed by atoms with E-state index in [1.807, 2.05) is 18.2 Å². The van der Waals surface area contributed by atoms with Gasteiger partial charge in [-0.05, 0) is 75.4 Å². The van der Waals surface area contributed by atoms with Crippen molar-refractivity contribution in [2.24, 2.45) is 0 Å². The number of hydrogen-bond acceptors (Lipinski definition) is 4. The maximum absolute atomic E-state index is 11.3. The fourth-order valence-electron chi connectivity index (χ4n) is 4.68. The second-order valence-corrected chi connectivity index (χ2v) is 10.7. The van der Waals surface area contributed by atoms with Gasteiger partial charge in [-0.15, -0.1) is 0 Å². The Morgan fingerprint density at radius 2 is 1.41 bits per heavy atom. The first-order chi connectivity index (χ1) is 16.4. The highest BCUT2D eigenvalue weighted by atomic mass is 28.2. The zero-order valence-corrected chi connectivity index (χ0v) is 20.4. The van der Waals surface area contributed by atoms with Crippen molar-refractivity contribution in [3.63, 3.8) is 0 Å². The molecular weight excluding hydrogens is 444 g/mol. The maximum atomic E-state index is 11.3. The van der Waals surface area contributed by atoms with Gasteiger partial charge in [0.1, 0.15) is 5.75 Å². The molecule has 170 valence electrons. The highest BCUT2D eigenvalue weighted by molar-refractivity contribution is 6.66. The van der Waals surface area contributed by atoms with E-state index in [-0.39, 0.29) is 5.56 Å². The summed E-state index contributed by atoms with van der Waals surface area (Å²) in [5, 5.41) is 15.2. The molecule has 5 nitrogen and oxygen atoms in total. The number of ether oxygens (including phenoxy) is 3. The molecule has 0 unspecified atom stereocenters. The summed E-state index contributed by atoms with van der Waals surface area (Å²) in [7, 11) is 3.88. The fraction of sp³-hybridized carbons (Fsp3) is 0.143. The van der Waals surface area contributed by atoms with Crippen LogP contribution in [0.2, 0.25) is 0 Å². The van der Waals surface area contributed by atoms with Crippen molar-refractivity contribution < 1.29 is 24.1 Å². The Bertz CT molecular complexity index is 1590. The Morgan fingerprint density at radius 3 is 2.06 bits per heavy atom. The number of aryl methyl sites for hydroxylation is 1. The number of benzene rings is 3. The topological polar surface area (TPSA) is 65.0 Å². The van der Waals surface area contributed by atoms with E-state index < -0.39 is 14.2 Å². The molecule has 0 aliphatic carbocycles. The third kappa shape index (κ3) is 3.47. The van der Waals surface area contributed by atoms with Crippen LogP contribution in [0.5, 0.6) is 17.2 Å². The Morgan fingerprint density at radius 1 is 0.765 bits per heavy atom. The van der Waals surface area contributed by atoms with Gasteiger partial charge in [0, 0.05) is 5.56 Å². The lowest BCUT2D eigenvalue weighted by Crippen LogP contribution is -2.00. The van der Waals surface area contributed by atoms with E-state index in [4.69, 9.17) is 14.2 Å². The lowest BCUT2D eigenvalue weighted by atomic mass is 9.99. The number of fused-ring (bicyclic) bond motifs is 4. The van der Waals surface area contributed by atoms with Gasteiger partial charge in [-0.2, -0.15) is 0 Å². The molecule has 5 rings (SSSR count). The summed E-state index contributed by atoms with van der Waals surface area (Å²) in [4.78, 5) is 12.6. The minimum Gasteiger partial charge on any atom is -0.496 e. The quantitative estimate of drug-likeness (QED) is 0.190. The summed E-state index contributed by atoms with van der Waals surface area (Å²) in [6.07, 6.45) is 0. The van der Waals surface area contributed by atoms with Gasteiger partial charge in [0.2, 0.25) is 0 Å². The number of carboxylic acid groups (broad SMARTS) is 1. The van der Waals surface area contributed by atoms with Crippen LogP contribution in [0.3, 0.4) is 0 Å². The summed E-state index contributed by atoms with van der Waals surface area (Å²) in [5.41, 5.74) is 4.44. The minimum absolute atomic E-state index is 0.260. The average molecular weight is 469 g/mol. The van der Waals surface area contributed by atoms with Gasteiger partial charge in [-0.3, -0.25) is 0 Å². The average Bonchev–Trinajstić information content (AvgIpc) is 2.87. The molecule has 3 aromatic carbocycles. The summed E-state index contributed by atoms with van der Waals surface area (Å²) in [5.74, 6) is 1.26. The lowest BCUT2D eigenvalue weighted by molar-refractivity contribution is 0.0697. The van der Waals surface area contributed by atoms with Crippen LogP contribution in [0.1, 0.15) is 15.5 Å². The van der Waals surface area contributed by atoms with E-state index in [0.29, 0.717) is 5.75 Å². The van der Waals surface area contributed by atoms with Gasteiger partial charge in [-0.1, -0.05) is 35.1 Å².